The molecule has 1 N–H and O–H groups in total. The number of amides is 2. The highest BCUT2D eigenvalue weighted by Crippen LogP contribution is 2.31. The lowest BCUT2D eigenvalue weighted by Crippen LogP contribution is -2.37. The van der Waals surface area contributed by atoms with Crippen molar-refractivity contribution < 1.29 is 14.3 Å². The summed E-state index contributed by atoms with van der Waals surface area (Å²) in [5.74, 6) is 0.0618. The second-order valence-corrected chi connectivity index (χ2v) is 7.06. The molecule has 3 aromatic carbocycles. The molecule has 3 aromatic rings. The van der Waals surface area contributed by atoms with Gasteiger partial charge in [0.1, 0.15) is 18.0 Å². The largest absolute Gasteiger partial charge is 0.497 e. The second-order valence-electron chi connectivity index (χ2n) is 6.62. The van der Waals surface area contributed by atoms with E-state index in [-0.39, 0.29) is 18.4 Å². The van der Waals surface area contributed by atoms with Crippen molar-refractivity contribution in [2.24, 2.45) is 4.99 Å². The van der Waals surface area contributed by atoms with E-state index >= 15 is 0 Å². The number of rotatable bonds is 5. The second kappa shape index (κ2) is 8.39. The smallest absolute Gasteiger partial charge is 0.278 e. The SMILES string of the molecule is COc1ccc(NC(=O)CN2C(=O)C(=Nc3ccc(Cl)cc3)c3ccccc32)cc1. The van der Waals surface area contributed by atoms with E-state index in [9.17, 15) is 9.59 Å². The topological polar surface area (TPSA) is 71.0 Å². The third-order valence-corrected chi connectivity index (χ3v) is 4.89. The van der Waals surface area contributed by atoms with Gasteiger partial charge in [-0.25, -0.2) is 4.99 Å². The Balaban J connectivity index is 1.57. The van der Waals surface area contributed by atoms with Crippen molar-refractivity contribution in [3.05, 3.63) is 83.4 Å². The van der Waals surface area contributed by atoms with Crippen LogP contribution in [0.25, 0.3) is 0 Å². The molecule has 7 heteroatoms. The highest BCUT2D eigenvalue weighted by molar-refractivity contribution is 6.55. The molecule has 30 heavy (non-hydrogen) atoms. The molecule has 0 spiro atoms. The maximum Gasteiger partial charge on any atom is 0.278 e. The van der Waals surface area contributed by atoms with E-state index in [0.717, 1.165) is 0 Å². The molecule has 0 atom stereocenters. The number of halogens is 1. The third-order valence-electron chi connectivity index (χ3n) is 4.64. The standard InChI is InChI=1S/C23H18ClN3O3/c1-30-18-12-10-16(11-13-18)25-21(28)14-27-20-5-3-2-4-19(20)22(23(27)29)26-17-8-6-15(24)7-9-17/h2-13H,14H2,1H3,(H,25,28). The molecular weight excluding hydrogens is 402 g/mol. The number of anilines is 2. The Morgan fingerprint density at radius 1 is 1.03 bits per heavy atom. The van der Waals surface area contributed by atoms with Crippen LogP contribution < -0.4 is 15.0 Å². The van der Waals surface area contributed by atoms with E-state index in [4.69, 9.17) is 16.3 Å². The maximum absolute atomic E-state index is 13.1. The first-order chi connectivity index (χ1) is 14.5. The van der Waals surface area contributed by atoms with Gasteiger partial charge in [0.25, 0.3) is 5.91 Å². The summed E-state index contributed by atoms with van der Waals surface area (Å²) in [6, 6.07) is 21.2. The summed E-state index contributed by atoms with van der Waals surface area (Å²) in [6.45, 7) is -0.123. The van der Waals surface area contributed by atoms with Crippen LogP contribution >= 0.6 is 11.6 Å². The summed E-state index contributed by atoms with van der Waals surface area (Å²) >= 11 is 5.93. The number of nitrogens with one attached hydrogen (secondary N) is 1. The van der Waals surface area contributed by atoms with Gasteiger partial charge in [0.05, 0.1) is 18.5 Å². The van der Waals surface area contributed by atoms with Gasteiger partial charge in [-0.15, -0.1) is 0 Å². The van der Waals surface area contributed by atoms with Crippen molar-refractivity contribution in [3.8, 4) is 5.75 Å². The number of para-hydroxylation sites is 1. The Morgan fingerprint density at radius 3 is 2.43 bits per heavy atom. The Hall–Kier alpha value is -3.64. The van der Waals surface area contributed by atoms with Gasteiger partial charge in [-0.2, -0.15) is 0 Å². The fourth-order valence-corrected chi connectivity index (χ4v) is 3.32. The first-order valence-corrected chi connectivity index (χ1v) is 9.62. The summed E-state index contributed by atoms with van der Waals surface area (Å²) in [5.41, 5.74) is 2.87. The predicted molar refractivity (Wildman–Crippen MR) is 118 cm³/mol. The van der Waals surface area contributed by atoms with E-state index in [2.05, 4.69) is 10.3 Å². The molecule has 6 nitrogen and oxygen atoms in total. The van der Waals surface area contributed by atoms with Crippen molar-refractivity contribution in [1.82, 2.24) is 0 Å². The van der Waals surface area contributed by atoms with Crippen LogP contribution in [0.5, 0.6) is 5.75 Å². The van der Waals surface area contributed by atoms with Crippen molar-refractivity contribution in [2.45, 2.75) is 0 Å². The Morgan fingerprint density at radius 2 is 1.73 bits per heavy atom. The molecule has 0 bridgehead atoms. The maximum atomic E-state index is 13.1. The molecule has 1 aliphatic rings. The molecule has 0 saturated carbocycles. The molecule has 1 aliphatic heterocycles. The molecule has 4 rings (SSSR count). The zero-order valence-electron chi connectivity index (χ0n) is 16.1. The van der Waals surface area contributed by atoms with Gasteiger partial charge in [0, 0.05) is 16.3 Å². The Kier molecular flexibility index (Phi) is 5.50. The number of carbonyl (C=O) groups excluding carboxylic acids is 2. The fourth-order valence-electron chi connectivity index (χ4n) is 3.19. The Labute approximate surface area is 178 Å². The van der Waals surface area contributed by atoms with Crippen molar-refractivity contribution in [1.29, 1.82) is 0 Å². The molecule has 0 saturated heterocycles. The van der Waals surface area contributed by atoms with Crippen LogP contribution in [0.3, 0.4) is 0 Å². The molecular formula is C23H18ClN3O3. The number of methoxy groups -OCH3 is 1. The van der Waals surface area contributed by atoms with Crippen LogP contribution in [0.15, 0.2) is 77.8 Å². The van der Waals surface area contributed by atoms with E-state index in [1.807, 2.05) is 18.2 Å². The van der Waals surface area contributed by atoms with Crippen molar-refractivity contribution in [3.63, 3.8) is 0 Å². The van der Waals surface area contributed by atoms with Crippen LogP contribution in [0.4, 0.5) is 17.1 Å². The predicted octanol–water partition coefficient (Wildman–Crippen LogP) is 4.45. The molecule has 2 amide bonds. The molecule has 0 fully saturated rings. The van der Waals surface area contributed by atoms with Crippen molar-refractivity contribution in [2.75, 3.05) is 23.9 Å². The third kappa shape index (κ3) is 4.04. The summed E-state index contributed by atoms with van der Waals surface area (Å²) in [7, 11) is 1.58. The van der Waals surface area contributed by atoms with Gasteiger partial charge in [0.2, 0.25) is 5.91 Å². The van der Waals surface area contributed by atoms with E-state index in [1.165, 1.54) is 4.90 Å². The zero-order valence-corrected chi connectivity index (χ0v) is 16.9. The van der Waals surface area contributed by atoms with Crippen LogP contribution in [-0.4, -0.2) is 31.2 Å². The van der Waals surface area contributed by atoms with E-state index in [0.29, 0.717) is 39.1 Å². The summed E-state index contributed by atoms with van der Waals surface area (Å²) in [4.78, 5) is 31.6. The normalized spacial score (nSPS) is 14.0. The van der Waals surface area contributed by atoms with Gasteiger partial charge in [0.15, 0.2) is 0 Å². The monoisotopic (exact) mass is 419 g/mol. The van der Waals surface area contributed by atoms with Gasteiger partial charge in [-0.3, -0.25) is 14.5 Å². The van der Waals surface area contributed by atoms with Crippen LogP contribution in [0.1, 0.15) is 5.56 Å². The fraction of sp³-hybridized carbons (Fsp3) is 0.0870. The van der Waals surface area contributed by atoms with Gasteiger partial charge in [-0.1, -0.05) is 29.8 Å². The summed E-state index contributed by atoms with van der Waals surface area (Å²) < 4.78 is 5.12. The Bertz CT molecular complexity index is 1130. The first kappa shape index (κ1) is 19.7. The van der Waals surface area contributed by atoms with Crippen LogP contribution in [0.2, 0.25) is 5.02 Å². The van der Waals surface area contributed by atoms with Crippen LogP contribution in [0, 0.1) is 0 Å². The minimum absolute atomic E-state index is 0.123. The lowest BCUT2D eigenvalue weighted by molar-refractivity contribution is -0.118. The highest BCUT2D eigenvalue weighted by Gasteiger charge is 2.34. The molecule has 1 heterocycles. The molecule has 150 valence electrons. The van der Waals surface area contributed by atoms with E-state index < -0.39 is 0 Å². The highest BCUT2D eigenvalue weighted by atomic mass is 35.5. The lowest BCUT2D eigenvalue weighted by Gasteiger charge is -2.16. The molecule has 0 aromatic heterocycles. The van der Waals surface area contributed by atoms with Crippen molar-refractivity contribution >= 4 is 46.2 Å². The summed E-state index contributed by atoms with van der Waals surface area (Å²) in [6.07, 6.45) is 0. The number of ether oxygens (including phenoxy) is 1. The molecule has 0 aliphatic carbocycles. The average Bonchev–Trinajstić information content (AvgIpc) is 3.02. The first-order valence-electron chi connectivity index (χ1n) is 9.24. The minimum Gasteiger partial charge on any atom is -0.497 e. The quantitative estimate of drug-likeness (QED) is 0.664. The lowest BCUT2D eigenvalue weighted by atomic mass is 10.1. The van der Waals surface area contributed by atoms with Gasteiger partial charge >= 0.3 is 0 Å². The number of aliphatic imine (C=N–C) groups is 1. The zero-order chi connectivity index (χ0) is 21.1. The number of benzene rings is 3. The number of hydrogen-bond acceptors (Lipinski definition) is 4. The molecule has 0 radical (unpaired) electrons. The number of fused-ring (bicyclic) bond motifs is 1. The van der Waals surface area contributed by atoms with Gasteiger partial charge in [-0.05, 0) is 54.6 Å². The number of carbonyl (C=O) groups is 2. The minimum atomic E-state index is -0.323. The summed E-state index contributed by atoms with van der Waals surface area (Å²) in [5, 5.41) is 3.39. The molecule has 0 unspecified atom stereocenters. The van der Waals surface area contributed by atoms with Crippen LogP contribution in [-0.2, 0) is 9.59 Å². The number of nitrogens with zero attached hydrogens (tertiary/aromatic N) is 2. The number of hydrogen-bond donors (Lipinski definition) is 1. The van der Waals surface area contributed by atoms with E-state index in [1.54, 1.807) is 61.7 Å². The average molecular weight is 420 g/mol. The van der Waals surface area contributed by atoms with Gasteiger partial charge < -0.3 is 10.1 Å².